The van der Waals surface area contributed by atoms with Gasteiger partial charge in [0.1, 0.15) is 5.82 Å². The number of halogens is 1. The Labute approximate surface area is 155 Å². The highest BCUT2D eigenvalue weighted by Crippen LogP contribution is 2.28. The van der Waals surface area contributed by atoms with E-state index in [-0.39, 0.29) is 17.5 Å². The fourth-order valence-electron chi connectivity index (χ4n) is 3.05. The van der Waals surface area contributed by atoms with Gasteiger partial charge in [0.25, 0.3) is 0 Å². The van der Waals surface area contributed by atoms with E-state index >= 15 is 0 Å². The molecule has 2 heterocycles. The molecular formula is C17H19FN2O4S2. The van der Waals surface area contributed by atoms with Crippen LogP contribution in [0.4, 0.5) is 4.39 Å². The summed E-state index contributed by atoms with van der Waals surface area (Å²) in [4.78, 5) is 14.1. The molecular weight excluding hydrogens is 379 g/mol. The maximum Gasteiger partial charge on any atom is 0.338 e. The Bertz CT molecular complexity index is 878. The first kappa shape index (κ1) is 19.0. The Morgan fingerprint density at radius 2 is 2.04 bits per heavy atom. The lowest BCUT2D eigenvalue weighted by molar-refractivity contribution is 0.0691. The Kier molecular flexibility index (Phi) is 5.71. The van der Waals surface area contributed by atoms with Crippen molar-refractivity contribution in [2.45, 2.75) is 23.8 Å². The van der Waals surface area contributed by atoms with E-state index < -0.39 is 27.4 Å². The average molecular weight is 398 g/mol. The second kappa shape index (κ2) is 7.83. The lowest BCUT2D eigenvalue weighted by Gasteiger charge is -2.26. The van der Waals surface area contributed by atoms with Gasteiger partial charge in [-0.1, -0.05) is 6.07 Å². The minimum atomic E-state index is -3.95. The minimum Gasteiger partial charge on any atom is -0.478 e. The van der Waals surface area contributed by atoms with Gasteiger partial charge in [-0.2, -0.15) is 0 Å². The van der Waals surface area contributed by atoms with Gasteiger partial charge in [0.05, 0.1) is 16.5 Å². The van der Waals surface area contributed by atoms with E-state index in [0.717, 1.165) is 49.0 Å². The molecule has 0 bridgehead atoms. The zero-order valence-corrected chi connectivity index (χ0v) is 15.5. The number of sulfonamides is 1. The van der Waals surface area contributed by atoms with Gasteiger partial charge in [0, 0.05) is 11.4 Å². The number of carboxylic acid groups (broad SMARTS) is 1. The number of nitrogens with one attached hydrogen (secondary N) is 1. The molecule has 1 aliphatic heterocycles. The molecule has 0 radical (unpaired) electrons. The molecule has 0 aliphatic carbocycles. The number of nitrogens with zero attached hydrogens (tertiary/aromatic N) is 1. The maximum atomic E-state index is 13.5. The van der Waals surface area contributed by atoms with Crippen LogP contribution in [0.5, 0.6) is 0 Å². The van der Waals surface area contributed by atoms with Gasteiger partial charge in [-0.15, -0.1) is 11.3 Å². The first-order valence-corrected chi connectivity index (χ1v) is 10.5. The van der Waals surface area contributed by atoms with Crippen molar-refractivity contribution in [2.75, 3.05) is 19.6 Å². The zero-order valence-electron chi connectivity index (χ0n) is 13.9. The van der Waals surface area contributed by atoms with Crippen LogP contribution in [-0.4, -0.2) is 44.0 Å². The number of carbonyl (C=O) groups is 1. The molecule has 1 fully saturated rings. The van der Waals surface area contributed by atoms with Crippen molar-refractivity contribution < 1.29 is 22.7 Å². The van der Waals surface area contributed by atoms with E-state index in [1.165, 1.54) is 0 Å². The summed E-state index contributed by atoms with van der Waals surface area (Å²) < 4.78 is 41.2. The molecule has 2 N–H and O–H groups in total. The predicted octanol–water partition coefficient (Wildman–Crippen LogP) is 2.70. The summed E-state index contributed by atoms with van der Waals surface area (Å²) in [5, 5.41) is 10.9. The summed E-state index contributed by atoms with van der Waals surface area (Å²) in [5.74, 6) is -2.47. The van der Waals surface area contributed by atoms with Crippen molar-refractivity contribution in [3.63, 3.8) is 0 Å². The number of likely N-dealkylation sites (tertiary alicyclic amines) is 1. The van der Waals surface area contributed by atoms with Gasteiger partial charge in [0.2, 0.25) is 10.0 Å². The van der Waals surface area contributed by atoms with E-state index in [1.54, 1.807) is 11.3 Å². The summed E-state index contributed by atoms with van der Waals surface area (Å²) in [7, 11) is -3.95. The minimum absolute atomic E-state index is 0.0772. The Balaban J connectivity index is 1.80. The van der Waals surface area contributed by atoms with Crippen molar-refractivity contribution in [3.8, 4) is 0 Å². The van der Waals surface area contributed by atoms with Crippen molar-refractivity contribution in [1.29, 1.82) is 0 Å². The largest absolute Gasteiger partial charge is 0.478 e. The topological polar surface area (TPSA) is 86.7 Å². The van der Waals surface area contributed by atoms with Gasteiger partial charge in [0.15, 0.2) is 0 Å². The average Bonchev–Trinajstić information content (AvgIpc) is 3.29. The second-order valence-electron chi connectivity index (χ2n) is 6.07. The van der Waals surface area contributed by atoms with Crippen LogP contribution in [0.25, 0.3) is 0 Å². The van der Waals surface area contributed by atoms with Crippen LogP contribution in [0.15, 0.2) is 40.6 Å². The molecule has 0 spiro atoms. The number of hydrogen-bond donors (Lipinski definition) is 2. The summed E-state index contributed by atoms with van der Waals surface area (Å²) >= 11 is 1.57. The van der Waals surface area contributed by atoms with Gasteiger partial charge in [-0.3, -0.25) is 4.90 Å². The molecule has 1 saturated heterocycles. The van der Waals surface area contributed by atoms with Crippen molar-refractivity contribution >= 4 is 27.3 Å². The number of aromatic carboxylic acids is 1. The Hall–Kier alpha value is -1.81. The fourth-order valence-corrected chi connectivity index (χ4v) is 4.98. The molecule has 0 saturated carbocycles. The van der Waals surface area contributed by atoms with Crippen LogP contribution in [0.3, 0.4) is 0 Å². The fraction of sp³-hybridized carbons (Fsp3) is 0.353. The van der Waals surface area contributed by atoms with Crippen LogP contribution in [0.1, 0.15) is 34.1 Å². The van der Waals surface area contributed by atoms with Crippen molar-refractivity contribution in [1.82, 2.24) is 9.62 Å². The number of rotatable bonds is 7. The van der Waals surface area contributed by atoms with Crippen molar-refractivity contribution in [2.24, 2.45) is 0 Å². The molecule has 0 amide bonds. The van der Waals surface area contributed by atoms with Gasteiger partial charge in [-0.05, 0) is 55.6 Å². The van der Waals surface area contributed by atoms with E-state index in [0.29, 0.717) is 0 Å². The predicted molar refractivity (Wildman–Crippen MR) is 96.4 cm³/mol. The number of hydrogen-bond acceptors (Lipinski definition) is 5. The van der Waals surface area contributed by atoms with Gasteiger partial charge >= 0.3 is 5.97 Å². The van der Waals surface area contributed by atoms with Crippen LogP contribution >= 0.6 is 11.3 Å². The van der Waals surface area contributed by atoms with Crippen LogP contribution in [-0.2, 0) is 10.0 Å². The first-order chi connectivity index (χ1) is 12.4. The normalized spacial score (nSPS) is 16.7. The summed E-state index contributed by atoms with van der Waals surface area (Å²) in [6, 6.07) is 6.59. The van der Waals surface area contributed by atoms with Crippen molar-refractivity contribution in [3.05, 3.63) is 52.0 Å². The lowest BCUT2D eigenvalue weighted by Crippen LogP contribution is -2.36. The van der Waals surface area contributed by atoms with E-state index in [2.05, 4.69) is 9.62 Å². The van der Waals surface area contributed by atoms with E-state index in [4.69, 9.17) is 5.11 Å². The molecule has 9 heteroatoms. The molecule has 26 heavy (non-hydrogen) atoms. The third kappa shape index (κ3) is 4.12. The third-order valence-corrected chi connectivity index (χ3v) is 6.79. The molecule has 6 nitrogen and oxygen atoms in total. The highest BCUT2D eigenvalue weighted by Gasteiger charge is 2.27. The zero-order chi connectivity index (χ0) is 18.7. The number of carboxylic acids is 1. The quantitative estimate of drug-likeness (QED) is 0.749. The molecule has 3 rings (SSSR count). The van der Waals surface area contributed by atoms with Crippen LogP contribution in [0.2, 0.25) is 0 Å². The molecule has 1 aromatic heterocycles. The Morgan fingerprint density at radius 3 is 2.65 bits per heavy atom. The summed E-state index contributed by atoms with van der Waals surface area (Å²) in [6.07, 6.45) is 2.16. The van der Waals surface area contributed by atoms with Gasteiger partial charge in [-0.25, -0.2) is 22.3 Å². The van der Waals surface area contributed by atoms with E-state index in [9.17, 15) is 17.6 Å². The lowest BCUT2D eigenvalue weighted by atomic mass is 10.2. The van der Waals surface area contributed by atoms with Gasteiger partial charge < -0.3 is 5.11 Å². The SMILES string of the molecule is O=C(O)c1cc(S(=O)(=O)NCC(c2cccs2)N2CCCC2)ccc1F. The molecule has 1 unspecified atom stereocenters. The standard InChI is InChI=1S/C17H19FN2O4S2/c18-14-6-5-12(10-13(14)17(21)22)26(23,24)19-11-15(16-4-3-9-25-16)20-7-1-2-8-20/h3-6,9-10,15,19H,1-2,7-8,11H2,(H,21,22). The highest BCUT2D eigenvalue weighted by molar-refractivity contribution is 7.89. The smallest absolute Gasteiger partial charge is 0.338 e. The molecule has 2 aromatic rings. The number of benzene rings is 1. The number of thiophene rings is 1. The monoisotopic (exact) mass is 398 g/mol. The van der Waals surface area contributed by atoms with Crippen LogP contribution < -0.4 is 4.72 Å². The maximum absolute atomic E-state index is 13.5. The van der Waals surface area contributed by atoms with E-state index in [1.807, 2.05) is 17.5 Å². The molecule has 1 aliphatic rings. The first-order valence-electron chi connectivity index (χ1n) is 8.18. The van der Waals surface area contributed by atoms with Crippen LogP contribution in [0, 0.1) is 5.82 Å². The molecule has 1 atom stereocenters. The Morgan fingerprint density at radius 1 is 1.31 bits per heavy atom. The highest BCUT2D eigenvalue weighted by atomic mass is 32.2. The summed E-state index contributed by atoms with van der Waals surface area (Å²) in [6.45, 7) is 1.98. The summed E-state index contributed by atoms with van der Waals surface area (Å²) in [5.41, 5.74) is -0.665. The molecule has 1 aromatic carbocycles. The second-order valence-corrected chi connectivity index (χ2v) is 8.82. The molecule has 140 valence electrons. The third-order valence-electron chi connectivity index (χ3n) is 4.40.